The highest BCUT2D eigenvalue weighted by atomic mass is 16.1. The third-order valence-corrected chi connectivity index (χ3v) is 3.41. The number of allylic oxidation sites excluding steroid dienone is 1. The van der Waals surface area contributed by atoms with Gasteiger partial charge in [0.05, 0.1) is 0 Å². The SMILES string of the molecule is C=C(NC(=O)c1ccccc1)C1CCCCC1. The summed E-state index contributed by atoms with van der Waals surface area (Å²) in [6.07, 6.45) is 6.15. The van der Waals surface area contributed by atoms with Gasteiger partial charge in [-0.05, 0) is 30.9 Å². The lowest BCUT2D eigenvalue weighted by Crippen LogP contribution is -2.27. The fourth-order valence-electron chi connectivity index (χ4n) is 2.36. The Hall–Kier alpha value is -1.57. The van der Waals surface area contributed by atoms with E-state index < -0.39 is 0 Å². The predicted octanol–water partition coefficient (Wildman–Crippen LogP) is 3.51. The van der Waals surface area contributed by atoms with Crippen molar-refractivity contribution in [1.82, 2.24) is 5.32 Å². The maximum atomic E-state index is 11.9. The van der Waals surface area contributed by atoms with Crippen LogP contribution in [0.15, 0.2) is 42.6 Å². The van der Waals surface area contributed by atoms with Crippen molar-refractivity contribution >= 4 is 5.91 Å². The van der Waals surface area contributed by atoms with Crippen LogP contribution < -0.4 is 5.32 Å². The number of benzene rings is 1. The topological polar surface area (TPSA) is 29.1 Å². The Labute approximate surface area is 103 Å². The maximum absolute atomic E-state index is 11.9. The predicted molar refractivity (Wildman–Crippen MR) is 69.6 cm³/mol. The maximum Gasteiger partial charge on any atom is 0.255 e. The zero-order valence-corrected chi connectivity index (χ0v) is 10.1. The van der Waals surface area contributed by atoms with Crippen molar-refractivity contribution in [3.8, 4) is 0 Å². The molecule has 1 fully saturated rings. The quantitative estimate of drug-likeness (QED) is 0.844. The van der Waals surface area contributed by atoms with Crippen LogP contribution in [0.5, 0.6) is 0 Å². The Bertz CT molecular complexity index is 391. The molecule has 0 radical (unpaired) electrons. The Balaban J connectivity index is 1.92. The van der Waals surface area contributed by atoms with Crippen LogP contribution in [-0.2, 0) is 0 Å². The van der Waals surface area contributed by atoms with E-state index in [4.69, 9.17) is 0 Å². The van der Waals surface area contributed by atoms with Gasteiger partial charge < -0.3 is 5.32 Å². The molecule has 1 aliphatic rings. The number of carbonyl (C=O) groups is 1. The van der Waals surface area contributed by atoms with Crippen molar-refractivity contribution < 1.29 is 4.79 Å². The third kappa shape index (κ3) is 3.19. The van der Waals surface area contributed by atoms with Gasteiger partial charge in [-0.25, -0.2) is 0 Å². The summed E-state index contributed by atoms with van der Waals surface area (Å²) in [5.74, 6) is 0.428. The van der Waals surface area contributed by atoms with E-state index in [1.807, 2.05) is 30.3 Å². The lowest BCUT2D eigenvalue weighted by atomic mass is 9.87. The first kappa shape index (κ1) is 11.9. The van der Waals surface area contributed by atoms with Crippen LogP contribution in [-0.4, -0.2) is 5.91 Å². The monoisotopic (exact) mass is 229 g/mol. The van der Waals surface area contributed by atoms with Crippen LogP contribution in [0.1, 0.15) is 42.5 Å². The third-order valence-electron chi connectivity index (χ3n) is 3.41. The molecular formula is C15H19NO. The summed E-state index contributed by atoms with van der Waals surface area (Å²) in [5, 5.41) is 2.93. The van der Waals surface area contributed by atoms with Gasteiger partial charge in [0.25, 0.3) is 5.91 Å². The van der Waals surface area contributed by atoms with Crippen molar-refractivity contribution in [3.05, 3.63) is 48.2 Å². The summed E-state index contributed by atoms with van der Waals surface area (Å²) in [5.41, 5.74) is 1.59. The molecule has 2 nitrogen and oxygen atoms in total. The van der Waals surface area contributed by atoms with E-state index in [-0.39, 0.29) is 5.91 Å². The summed E-state index contributed by atoms with van der Waals surface area (Å²) in [7, 11) is 0. The first-order chi connectivity index (χ1) is 8.27. The normalized spacial score (nSPS) is 16.5. The molecule has 90 valence electrons. The van der Waals surface area contributed by atoms with E-state index in [9.17, 15) is 4.79 Å². The van der Waals surface area contributed by atoms with E-state index in [1.54, 1.807) is 0 Å². The largest absolute Gasteiger partial charge is 0.326 e. The minimum absolute atomic E-state index is 0.0406. The second-order valence-corrected chi connectivity index (χ2v) is 4.68. The zero-order chi connectivity index (χ0) is 12.1. The van der Waals surface area contributed by atoms with E-state index in [0.29, 0.717) is 11.5 Å². The highest BCUT2D eigenvalue weighted by Crippen LogP contribution is 2.27. The summed E-state index contributed by atoms with van der Waals surface area (Å²) in [6.45, 7) is 4.01. The average molecular weight is 229 g/mol. The fourth-order valence-corrected chi connectivity index (χ4v) is 2.36. The molecule has 0 heterocycles. The van der Waals surface area contributed by atoms with E-state index in [0.717, 1.165) is 18.5 Å². The number of amides is 1. The molecule has 2 rings (SSSR count). The second-order valence-electron chi connectivity index (χ2n) is 4.68. The molecule has 1 N–H and O–H groups in total. The minimum Gasteiger partial charge on any atom is -0.326 e. The smallest absolute Gasteiger partial charge is 0.255 e. The number of carbonyl (C=O) groups excluding carboxylic acids is 1. The van der Waals surface area contributed by atoms with Crippen molar-refractivity contribution in [2.24, 2.45) is 5.92 Å². The first-order valence-electron chi connectivity index (χ1n) is 6.32. The number of hydrogen-bond donors (Lipinski definition) is 1. The Morgan fingerprint density at radius 2 is 1.76 bits per heavy atom. The van der Waals surface area contributed by atoms with Crippen molar-refractivity contribution in [1.29, 1.82) is 0 Å². The molecule has 2 heteroatoms. The molecule has 1 aliphatic carbocycles. The standard InChI is InChI=1S/C15H19NO/c1-12(13-8-4-2-5-9-13)16-15(17)14-10-6-3-7-11-14/h3,6-7,10-11,13H,1-2,4-5,8-9H2,(H,16,17). The molecule has 0 bridgehead atoms. The van der Waals surface area contributed by atoms with Crippen molar-refractivity contribution in [2.75, 3.05) is 0 Å². The van der Waals surface area contributed by atoms with Crippen LogP contribution in [0.3, 0.4) is 0 Å². The van der Waals surface area contributed by atoms with Gasteiger partial charge >= 0.3 is 0 Å². The van der Waals surface area contributed by atoms with Crippen molar-refractivity contribution in [3.63, 3.8) is 0 Å². The van der Waals surface area contributed by atoms with E-state index >= 15 is 0 Å². The van der Waals surface area contributed by atoms with Gasteiger partial charge in [0.1, 0.15) is 0 Å². The molecule has 1 aromatic rings. The van der Waals surface area contributed by atoms with Crippen molar-refractivity contribution in [2.45, 2.75) is 32.1 Å². The summed E-state index contributed by atoms with van der Waals surface area (Å²) in [6, 6.07) is 9.30. The molecule has 0 aliphatic heterocycles. The van der Waals surface area contributed by atoms with Crippen LogP contribution in [0.2, 0.25) is 0 Å². The molecular weight excluding hydrogens is 210 g/mol. The first-order valence-corrected chi connectivity index (χ1v) is 6.32. The highest BCUT2D eigenvalue weighted by Gasteiger charge is 2.18. The molecule has 1 amide bonds. The lowest BCUT2D eigenvalue weighted by Gasteiger charge is -2.24. The lowest BCUT2D eigenvalue weighted by molar-refractivity contribution is 0.0960. The molecule has 0 aromatic heterocycles. The molecule has 1 saturated carbocycles. The van der Waals surface area contributed by atoms with Gasteiger partial charge in [0, 0.05) is 11.3 Å². The van der Waals surface area contributed by atoms with Gasteiger partial charge in [-0.3, -0.25) is 4.79 Å². The number of nitrogens with one attached hydrogen (secondary N) is 1. The van der Waals surface area contributed by atoms with Gasteiger partial charge in [-0.1, -0.05) is 44.0 Å². The van der Waals surface area contributed by atoms with Gasteiger partial charge in [0.15, 0.2) is 0 Å². The molecule has 17 heavy (non-hydrogen) atoms. The second kappa shape index (κ2) is 5.67. The van der Waals surface area contributed by atoms with Gasteiger partial charge in [-0.15, -0.1) is 0 Å². The Morgan fingerprint density at radius 3 is 2.41 bits per heavy atom. The van der Waals surface area contributed by atoms with Crippen LogP contribution in [0.25, 0.3) is 0 Å². The van der Waals surface area contributed by atoms with E-state index in [2.05, 4.69) is 11.9 Å². The Morgan fingerprint density at radius 1 is 1.12 bits per heavy atom. The fraction of sp³-hybridized carbons (Fsp3) is 0.400. The van der Waals surface area contributed by atoms with Gasteiger partial charge in [-0.2, -0.15) is 0 Å². The van der Waals surface area contributed by atoms with Crippen LogP contribution in [0.4, 0.5) is 0 Å². The molecule has 1 aromatic carbocycles. The zero-order valence-electron chi connectivity index (χ0n) is 10.1. The minimum atomic E-state index is -0.0406. The average Bonchev–Trinajstić information content (AvgIpc) is 2.40. The highest BCUT2D eigenvalue weighted by molar-refractivity contribution is 5.95. The molecule has 0 spiro atoms. The van der Waals surface area contributed by atoms with E-state index in [1.165, 1.54) is 19.3 Å². The number of hydrogen-bond acceptors (Lipinski definition) is 1. The summed E-state index contributed by atoms with van der Waals surface area (Å²) in [4.78, 5) is 11.9. The molecule has 0 atom stereocenters. The summed E-state index contributed by atoms with van der Waals surface area (Å²) < 4.78 is 0. The molecule has 0 unspecified atom stereocenters. The van der Waals surface area contributed by atoms with Gasteiger partial charge in [0.2, 0.25) is 0 Å². The Kier molecular flexibility index (Phi) is 3.97. The van der Waals surface area contributed by atoms with Crippen LogP contribution >= 0.6 is 0 Å². The number of rotatable bonds is 3. The van der Waals surface area contributed by atoms with Crippen LogP contribution in [0, 0.1) is 5.92 Å². The molecule has 0 saturated heterocycles. The summed E-state index contributed by atoms with van der Waals surface area (Å²) >= 11 is 0.